The van der Waals surface area contributed by atoms with Crippen molar-refractivity contribution in [2.75, 3.05) is 57.4 Å². The van der Waals surface area contributed by atoms with Crippen LogP contribution in [0.2, 0.25) is 0 Å². The molecule has 0 aliphatic carbocycles. The molecule has 0 bridgehead atoms. The predicted octanol–water partition coefficient (Wildman–Crippen LogP) is 0.0553. The van der Waals surface area contributed by atoms with E-state index in [0.717, 1.165) is 12.8 Å². The lowest BCUT2D eigenvalue weighted by molar-refractivity contribution is -0.135. The molecular weight excluding hydrogens is 386 g/mol. The third-order valence-electron chi connectivity index (χ3n) is 5.23. The molecule has 2 amide bonds. The topological polar surface area (TPSA) is 96.5 Å². The van der Waals surface area contributed by atoms with E-state index < -0.39 is 10.0 Å². The Hall–Kier alpha value is -2.17. The standard InChI is InChI=1S/C18H23N3O6S/c22-17(19-7-9-26-10-8-19)12-21-15-11-14(3-4-16(15)27-13-18(21)23)28(24,25)20-5-1-2-6-20/h3-4,11H,1-2,5-10,12-13H2. The second-order valence-corrected chi connectivity index (χ2v) is 8.94. The van der Waals surface area contributed by atoms with Crippen LogP contribution >= 0.6 is 0 Å². The molecule has 4 rings (SSSR count). The first-order chi connectivity index (χ1) is 13.5. The zero-order valence-electron chi connectivity index (χ0n) is 15.5. The second kappa shape index (κ2) is 7.69. The minimum absolute atomic E-state index is 0.107. The van der Waals surface area contributed by atoms with Gasteiger partial charge in [-0.05, 0) is 31.0 Å². The van der Waals surface area contributed by atoms with Gasteiger partial charge in [0.25, 0.3) is 5.91 Å². The summed E-state index contributed by atoms with van der Waals surface area (Å²) in [6.07, 6.45) is 1.68. The van der Waals surface area contributed by atoms with E-state index in [4.69, 9.17) is 9.47 Å². The van der Waals surface area contributed by atoms with Gasteiger partial charge in [0.15, 0.2) is 6.61 Å². The highest BCUT2D eigenvalue weighted by molar-refractivity contribution is 7.89. The molecule has 2 fully saturated rings. The molecule has 28 heavy (non-hydrogen) atoms. The lowest BCUT2D eigenvalue weighted by atomic mass is 10.2. The first kappa shape index (κ1) is 19.2. The largest absolute Gasteiger partial charge is 0.482 e. The summed E-state index contributed by atoms with van der Waals surface area (Å²) in [5.41, 5.74) is 0.318. The fourth-order valence-corrected chi connectivity index (χ4v) is 5.18. The maximum atomic E-state index is 12.9. The molecule has 1 aromatic rings. The third kappa shape index (κ3) is 3.59. The summed E-state index contributed by atoms with van der Waals surface area (Å²) in [7, 11) is -3.63. The van der Waals surface area contributed by atoms with Crippen molar-refractivity contribution >= 4 is 27.5 Å². The Kier molecular flexibility index (Phi) is 5.26. The van der Waals surface area contributed by atoms with Crippen molar-refractivity contribution in [3.63, 3.8) is 0 Å². The van der Waals surface area contributed by atoms with Crippen LogP contribution in [0.25, 0.3) is 0 Å². The van der Waals surface area contributed by atoms with Crippen LogP contribution in [0.4, 0.5) is 5.69 Å². The number of carbonyl (C=O) groups is 2. The molecular formula is C18H23N3O6S. The monoisotopic (exact) mass is 409 g/mol. The number of anilines is 1. The van der Waals surface area contributed by atoms with Crippen LogP contribution in [0.5, 0.6) is 5.75 Å². The van der Waals surface area contributed by atoms with Gasteiger partial charge in [-0.25, -0.2) is 8.42 Å². The number of benzene rings is 1. The number of rotatable bonds is 4. The number of carbonyl (C=O) groups excluding carboxylic acids is 2. The zero-order chi connectivity index (χ0) is 19.7. The van der Waals surface area contributed by atoms with E-state index in [1.54, 1.807) is 11.0 Å². The summed E-state index contributed by atoms with van der Waals surface area (Å²) in [5, 5.41) is 0. The first-order valence-corrected chi connectivity index (χ1v) is 10.8. The number of nitrogens with zero attached hydrogens (tertiary/aromatic N) is 3. The van der Waals surface area contributed by atoms with Gasteiger partial charge in [0.2, 0.25) is 15.9 Å². The maximum absolute atomic E-state index is 12.9. The second-order valence-electron chi connectivity index (χ2n) is 7.00. The van der Waals surface area contributed by atoms with Gasteiger partial charge in [-0.1, -0.05) is 0 Å². The van der Waals surface area contributed by atoms with Crippen LogP contribution in [-0.4, -0.2) is 82.0 Å². The fraction of sp³-hybridized carbons (Fsp3) is 0.556. The third-order valence-corrected chi connectivity index (χ3v) is 7.13. The number of morpholine rings is 1. The Morgan fingerprint density at radius 1 is 1.07 bits per heavy atom. The highest BCUT2D eigenvalue weighted by Gasteiger charge is 2.33. The van der Waals surface area contributed by atoms with Gasteiger partial charge in [0.05, 0.1) is 23.8 Å². The van der Waals surface area contributed by atoms with Crippen LogP contribution < -0.4 is 9.64 Å². The molecule has 0 spiro atoms. The van der Waals surface area contributed by atoms with Crippen molar-refractivity contribution in [1.82, 2.24) is 9.21 Å². The Morgan fingerprint density at radius 2 is 1.79 bits per heavy atom. The average molecular weight is 409 g/mol. The van der Waals surface area contributed by atoms with Crippen molar-refractivity contribution in [2.24, 2.45) is 0 Å². The number of amides is 2. The van der Waals surface area contributed by atoms with Gasteiger partial charge in [0, 0.05) is 26.2 Å². The number of sulfonamides is 1. The van der Waals surface area contributed by atoms with Crippen molar-refractivity contribution in [1.29, 1.82) is 0 Å². The van der Waals surface area contributed by atoms with Gasteiger partial charge in [-0.2, -0.15) is 4.31 Å². The van der Waals surface area contributed by atoms with E-state index in [0.29, 0.717) is 50.8 Å². The van der Waals surface area contributed by atoms with E-state index >= 15 is 0 Å². The van der Waals surface area contributed by atoms with E-state index in [1.807, 2.05) is 0 Å². The summed E-state index contributed by atoms with van der Waals surface area (Å²) >= 11 is 0. The molecule has 0 saturated carbocycles. The van der Waals surface area contributed by atoms with Crippen molar-refractivity contribution in [2.45, 2.75) is 17.7 Å². The van der Waals surface area contributed by atoms with Gasteiger partial charge >= 0.3 is 0 Å². The molecule has 3 aliphatic heterocycles. The quantitative estimate of drug-likeness (QED) is 0.698. The number of hydrogen-bond acceptors (Lipinski definition) is 6. The van der Waals surface area contributed by atoms with Crippen LogP contribution in [-0.2, 0) is 24.3 Å². The lowest BCUT2D eigenvalue weighted by Gasteiger charge is -2.33. The lowest BCUT2D eigenvalue weighted by Crippen LogP contribution is -2.49. The van der Waals surface area contributed by atoms with E-state index in [9.17, 15) is 18.0 Å². The van der Waals surface area contributed by atoms with Gasteiger partial charge in [0.1, 0.15) is 12.3 Å². The molecule has 2 saturated heterocycles. The maximum Gasteiger partial charge on any atom is 0.265 e. The molecule has 0 atom stereocenters. The Labute approximate surface area is 163 Å². The smallest absolute Gasteiger partial charge is 0.265 e. The Bertz CT molecular complexity index is 875. The highest BCUT2D eigenvalue weighted by atomic mass is 32.2. The van der Waals surface area contributed by atoms with Crippen molar-refractivity contribution in [3.8, 4) is 5.75 Å². The molecule has 0 aromatic heterocycles. The van der Waals surface area contributed by atoms with Crippen molar-refractivity contribution < 1.29 is 27.5 Å². The zero-order valence-corrected chi connectivity index (χ0v) is 16.3. The summed E-state index contributed by atoms with van der Waals surface area (Å²) in [4.78, 5) is 28.1. The van der Waals surface area contributed by atoms with Gasteiger partial charge in [-0.3, -0.25) is 14.5 Å². The van der Waals surface area contributed by atoms with E-state index in [2.05, 4.69) is 0 Å². The van der Waals surface area contributed by atoms with Gasteiger partial charge < -0.3 is 14.4 Å². The summed E-state index contributed by atoms with van der Waals surface area (Å²) in [5.74, 6) is -0.170. The number of ether oxygens (including phenoxy) is 2. The SMILES string of the molecule is O=C(CN1C(=O)COc2ccc(S(=O)(=O)N3CCCC3)cc21)N1CCOCC1. The highest BCUT2D eigenvalue weighted by Crippen LogP contribution is 2.35. The molecule has 3 aliphatic rings. The summed E-state index contributed by atoms with van der Waals surface area (Å²) in [6.45, 7) is 2.56. The van der Waals surface area contributed by atoms with Crippen LogP contribution in [0.15, 0.2) is 23.1 Å². The van der Waals surface area contributed by atoms with Gasteiger partial charge in [-0.15, -0.1) is 0 Å². The number of hydrogen-bond donors (Lipinski definition) is 0. The minimum atomic E-state index is -3.63. The summed E-state index contributed by atoms with van der Waals surface area (Å²) < 4.78 is 37.9. The average Bonchev–Trinajstić information content (AvgIpc) is 3.26. The van der Waals surface area contributed by atoms with Crippen LogP contribution in [0, 0.1) is 0 Å². The van der Waals surface area contributed by atoms with E-state index in [-0.39, 0.29) is 29.9 Å². The van der Waals surface area contributed by atoms with Crippen LogP contribution in [0.3, 0.4) is 0 Å². The molecule has 152 valence electrons. The van der Waals surface area contributed by atoms with Crippen molar-refractivity contribution in [3.05, 3.63) is 18.2 Å². The molecule has 3 heterocycles. The molecule has 9 nitrogen and oxygen atoms in total. The fourth-order valence-electron chi connectivity index (χ4n) is 3.64. The van der Waals surface area contributed by atoms with E-state index in [1.165, 1.54) is 21.3 Å². The predicted molar refractivity (Wildman–Crippen MR) is 99.7 cm³/mol. The Balaban J connectivity index is 1.61. The first-order valence-electron chi connectivity index (χ1n) is 9.40. The molecule has 0 unspecified atom stereocenters. The molecule has 10 heteroatoms. The molecule has 1 aromatic carbocycles. The normalized spacial score (nSPS) is 20.8. The van der Waals surface area contributed by atoms with Crippen LogP contribution in [0.1, 0.15) is 12.8 Å². The summed E-state index contributed by atoms with van der Waals surface area (Å²) in [6, 6.07) is 4.48. The minimum Gasteiger partial charge on any atom is -0.482 e. The Morgan fingerprint density at radius 3 is 2.50 bits per heavy atom. The molecule has 0 N–H and O–H groups in total. The number of fused-ring (bicyclic) bond motifs is 1. The molecule has 0 radical (unpaired) electrons.